The summed E-state index contributed by atoms with van der Waals surface area (Å²) >= 11 is 6.15. The highest BCUT2D eigenvalue weighted by atomic mass is 35.5. The van der Waals surface area contributed by atoms with Crippen LogP contribution < -0.4 is 14.2 Å². The quantitative estimate of drug-likeness (QED) is 0.458. The Bertz CT molecular complexity index is 1280. The average Bonchev–Trinajstić information content (AvgIpc) is 3.14. The van der Waals surface area contributed by atoms with Crippen LogP contribution in [0, 0.1) is 12.7 Å². The second-order valence-electron chi connectivity index (χ2n) is 8.02. The van der Waals surface area contributed by atoms with Crippen LogP contribution in [0.1, 0.15) is 32.6 Å². The summed E-state index contributed by atoms with van der Waals surface area (Å²) in [7, 11) is 1.64. The van der Waals surface area contributed by atoms with Crippen LogP contribution in [-0.4, -0.2) is 24.5 Å². The number of aryl methyl sites for hydroxylation is 1. The molecule has 2 heterocycles. The highest BCUT2D eigenvalue weighted by Crippen LogP contribution is 2.44. The highest BCUT2D eigenvalue weighted by Gasteiger charge is 2.35. The van der Waals surface area contributed by atoms with Crippen LogP contribution in [0.25, 0.3) is 6.08 Å². The number of allylic oxidation sites excluding steroid dienone is 1. The van der Waals surface area contributed by atoms with Gasteiger partial charge >= 0.3 is 0 Å². The fourth-order valence-corrected chi connectivity index (χ4v) is 4.45. The number of carbonyl (C=O) groups is 1. The van der Waals surface area contributed by atoms with Crippen molar-refractivity contribution in [2.75, 3.05) is 13.8 Å². The van der Waals surface area contributed by atoms with E-state index in [1.807, 2.05) is 37.3 Å². The van der Waals surface area contributed by atoms with Crippen LogP contribution in [0.5, 0.6) is 17.2 Å². The molecule has 2 aliphatic rings. The number of rotatable bonds is 4. The molecule has 0 atom stereocenters. The molecule has 3 aromatic rings. The molecule has 3 aromatic carbocycles. The molecule has 0 bridgehead atoms. The van der Waals surface area contributed by atoms with E-state index in [4.69, 9.17) is 25.8 Å². The van der Waals surface area contributed by atoms with Crippen LogP contribution in [0.4, 0.5) is 4.39 Å². The van der Waals surface area contributed by atoms with Crippen LogP contribution in [0.15, 0.2) is 54.3 Å². The lowest BCUT2D eigenvalue weighted by atomic mass is 9.98. The van der Waals surface area contributed by atoms with E-state index in [0.717, 1.165) is 22.4 Å². The number of para-hydroxylation sites is 1. The predicted octanol–water partition coefficient (Wildman–Crippen LogP) is 5.76. The van der Waals surface area contributed by atoms with Gasteiger partial charge in [-0.15, -0.1) is 0 Å². The van der Waals surface area contributed by atoms with E-state index in [1.54, 1.807) is 13.2 Å². The van der Waals surface area contributed by atoms with Crippen molar-refractivity contribution < 1.29 is 23.4 Å². The molecule has 0 saturated heterocycles. The molecule has 0 radical (unpaired) electrons. The molecule has 5 rings (SSSR count). The van der Waals surface area contributed by atoms with Crippen LogP contribution in [0.2, 0.25) is 5.02 Å². The Labute approximate surface area is 195 Å². The molecule has 0 aromatic heterocycles. The summed E-state index contributed by atoms with van der Waals surface area (Å²) in [5, 5.41) is 0.208. The number of hydrogen-bond donors (Lipinski definition) is 0. The Balaban J connectivity index is 1.49. The van der Waals surface area contributed by atoms with Gasteiger partial charge in [0.1, 0.15) is 29.8 Å². The number of carbonyl (C=O) groups excluding carboxylic acids is 1. The van der Waals surface area contributed by atoms with E-state index in [9.17, 15) is 9.18 Å². The monoisotopic (exact) mass is 465 g/mol. The van der Waals surface area contributed by atoms with Crippen molar-refractivity contribution >= 4 is 23.5 Å². The SMILES string of the molecule is COc1ccccc1CN1COc2cc(C)c3c(c2C1)O/C(=C\c1c(F)cccc1Cl)C3=O. The van der Waals surface area contributed by atoms with Gasteiger partial charge in [-0.05, 0) is 42.8 Å². The third kappa shape index (κ3) is 3.86. The van der Waals surface area contributed by atoms with Crippen molar-refractivity contribution in [3.8, 4) is 17.2 Å². The lowest BCUT2D eigenvalue weighted by Crippen LogP contribution is -2.32. The number of methoxy groups -OCH3 is 1. The van der Waals surface area contributed by atoms with Gasteiger partial charge in [0.25, 0.3) is 0 Å². The number of Topliss-reactive ketones (excluding diaryl/α,β-unsaturated/α-hetero) is 1. The molecular formula is C26H21ClFNO4. The molecule has 7 heteroatoms. The lowest BCUT2D eigenvalue weighted by Gasteiger charge is -2.30. The number of benzene rings is 3. The second kappa shape index (κ2) is 8.54. The van der Waals surface area contributed by atoms with Gasteiger partial charge in [-0.1, -0.05) is 35.9 Å². The van der Waals surface area contributed by atoms with Gasteiger partial charge in [0, 0.05) is 24.2 Å². The minimum Gasteiger partial charge on any atom is -0.496 e. The fourth-order valence-electron chi connectivity index (χ4n) is 4.23. The molecule has 2 aliphatic heterocycles. The number of fused-ring (bicyclic) bond motifs is 3. The van der Waals surface area contributed by atoms with Gasteiger partial charge in [-0.3, -0.25) is 9.69 Å². The Hall–Kier alpha value is -3.35. The van der Waals surface area contributed by atoms with E-state index < -0.39 is 5.82 Å². The minimum atomic E-state index is -0.521. The summed E-state index contributed by atoms with van der Waals surface area (Å²) in [4.78, 5) is 15.3. The highest BCUT2D eigenvalue weighted by molar-refractivity contribution is 6.32. The van der Waals surface area contributed by atoms with Crippen molar-refractivity contribution in [1.82, 2.24) is 4.90 Å². The average molecular weight is 466 g/mol. The third-order valence-corrected chi connectivity index (χ3v) is 6.18. The second-order valence-corrected chi connectivity index (χ2v) is 8.43. The number of halogens is 2. The first-order valence-corrected chi connectivity index (χ1v) is 10.9. The normalized spacial score (nSPS) is 16.2. The largest absolute Gasteiger partial charge is 0.496 e. The van der Waals surface area contributed by atoms with Gasteiger partial charge in [-0.25, -0.2) is 4.39 Å². The molecule has 0 saturated carbocycles. The molecule has 0 fully saturated rings. The van der Waals surface area contributed by atoms with E-state index >= 15 is 0 Å². The topological polar surface area (TPSA) is 48.0 Å². The van der Waals surface area contributed by atoms with Crippen LogP contribution in [0.3, 0.4) is 0 Å². The fraction of sp³-hybridized carbons (Fsp3) is 0.192. The number of ether oxygens (including phenoxy) is 3. The standard InChI is InChI=1S/C26H21ClFNO4/c1-15-10-22-18(13-29(14-32-22)12-16-6-3-4-9-21(16)31-2)26-24(15)25(30)23(33-26)11-17-19(27)7-5-8-20(17)28/h3-11H,12-14H2,1-2H3/b23-11-. The van der Waals surface area contributed by atoms with Crippen molar-refractivity contribution in [3.63, 3.8) is 0 Å². The molecule has 0 N–H and O–H groups in total. The number of ketones is 1. The summed E-state index contributed by atoms with van der Waals surface area (Å²) < 4.78 is 31.8. The Morgan fingerprint density at radius 2 is 2.03 bits per heavy atom. The maximum atomic E-state index is 14.3. The molecule has 0 unspecified atom stereocenters. The Morgan fingerprint density at radius 3 is 2.82 bits per heavy atom. The molecule has 33 heavy (non-hydrogen) atoms. The lowest BCUT2D eigenvalue weighted by molar-refractivity contribution is 0.0864. The zero-order valence-electron chi connectivity index (χ0n) is 18.2. The Morgan fingerprint density at radius 1 is 1.21 bits per heavy atom. The summed E-state index contributed by atoms with van der Waals surface area (Å²) in [6.07, 6.45) is 1.36. The summed E-state index contributed by atoms with van der Waals surface area (Å²) in [6.45, 7) is 3.36. The van der Waals surface area contributed by atoms with Crippen molar-refractivity contribution in [2.24, 2.45) is 0 Å². The third-order valence-electron chi connectivity index (χ3n) is 5.85. The van der Waals surface area contributed by atoms with Gasteiger partial charge in [0.05, 0.1) is 23.3 Å². The molecular weight excluding hydrogens is 445 g/mol. The molecule has 0 amide bonds. The van der Waals surface area contributed by atoms with Gasteiger partial charge in [0.15, 0.2) is 5.76 Å². The van der Waals surface area contributed by atoms with E-state index in [2.05, 4.69) is 4.90 Å². The first kappa shape index (κ1) is 21.5. The van der Waals surface area contributed by atoms with Crippen molar-refractivity contribution in [3.05, 3.63) is 92.9 Å². The van der Waals surface area contributed by atoms with Crippen LogP contribution in [-0.2, 0) is 13.1 Å². The summed E-state index contributed by atoms with van der Waals surface area (Å²) in [5.74, 6) is 1.16. The van der Waals surface area contributed by atoms with Crippen molar-refractivity contribution in [1.29, 1.82) is 0 Å². The van der Waals surface area contributed by atoms with E-state index in [0.29, 0.717) is 36.9 Å². The number of nitrogens with zero attached hydrogens (tertiary/aromatic N) is 1. The van der Waals surface area contributed by atoms with Crippen LogP contribution >= 0.6 is 11.6 Å². The van der Waals surface area contributed by atoms with Crippen molar-refractivity contribution in [2.45, 2.75) is 20.0 Å². The minimum absolute atomic E-state index is 0.0374. The first-order valence-electron chi connectivity index (χ1n) is 10.5. The molecule has 5 nitrogen and oxygen atoms in total. The summed E-state index contributed by atoms with van der Waals surface area (Å²) in [5.41, 5.74) is 3.15. The maximum absolute atomic E-state index is 14.3. The van der Waals surface area contributed by atoms with E-state index in [1.165, 1.54) is 18.2 Å². The zero-order valence-corrected chi connectivity index (χ0v) is 18.9. The zero-order chi connectivity index (χ0) is 23.1. The maximum Gasteiger partial charge on any atom is 0.232 e. The Kier molecular flexibility index (Phi) is 5.56. The smallest absolute Gasteiger partial charge is 0.232 e. The van der Waals surface area contributed by atoms with Gasteiger partial charge in [-0.2, -0.15) is 0 Å². The molecule has 0 aliphatic carbocycles. The molecule has 168 valence electrons. The van der Waals surface area contributed by atoms with Gasteiger partial charge < -0.3 is 14.2 Å². The first-order chi connectivity index (χ1) is 16.0. The molecule has 0 spiro atoms. The van der Waals surface area contributed by atoms with E-state index in [-0.39, 0.29) is 22.1 Å². The van der Waals surface area contributed by atoms with Gasteiger partial charge in [0.2, 0.25) is 5.78 Å². The summed E-state index contributed by atoms with van der Waals surface area (Å²) in [6, 6.07) is 14.0. The number of hydrogen-bond acceptors (Lipinski definition) is 5. The predicted molar refractivity (Wildman–Crippen MR) is 123 cm³/mol.